The van der Waals surface area contributed by atoms with Gasteiger partial charge in [0, 0.05) is 17.1 Å². The Morgan fingerprint density at radius 1 is 1.43 bits per heavy atom. The Hall–Kier alpha value is -1.40. The number of carbonyl (C=O) groups excluding carboxylic acids is 1. The SMILES string of the molecule is CC(C)(C)[C@H](N)C(=O)NCc1cc(Cl)ccc1OC(F)F. The number of amides is 1. The molecule has 7 heteroatoms. The van der Waals surface area contributed by atoms with Crippen LogP contribution < -0.4 is 15.8 Å². The fourth-order valence-electron chi connectivity index (χ4n) is 1.58. The molecule has 1 atom stereocenters. The van der Waals surface area contributed by atoms with Crippen molar-refractivity contribution in [2.75, 3.05) is 0 Å². The van der Waals surface area contributed by atoms with E-state index < -0.39 is 18.1 Å². The molecule has 21 heavy (non-hydrogen) atoms. The van der Waals surface area contributed by atoms with Gasteiger partial charge in [0.05, 0.1) is 6.04 Å². The molecule has 1 amide bonds. The van der Waals surface area contributed by atoms with Crippen LogP contribution >= 0.6 is 11.6 Å². The molecule has 0 fully saturated rings. The number of carbonyl (C=O) groups is 1. The molecule has 0 saturated heterocycles. The maximum Gasteiger partial charge on any atom is 0.387 e. The zero-order chi connectivity index (χ0) is 16.2. The van der Waals surface area contributed by atoms with Crippen LogP contribution in [0.15, 0.2) is 18.2 Å². The maximum absolute atomic E-state index is 12.3. The van der Waals surface area contributed by atoms with Crippen molar-refractivity contribution in [3.8, 4) is 5.75 Å². The van der Waals surface area contributed by atoms with Gasteiger partial charge in [-0.3, -0.25) is 4.79 Å². The lowest BCUT2D eigenvalue weighted by Crippen LogP contribution is -2.48. The van der Waals surface area contributed by atoms with E-state index in [1.165, 1.54) is 18.2 Å². The highest BCUT2D eigenvalue weighted by atomic mass is 35.5. The van der Waals surface area contributed by atoms with Gasteiger partial charge in [-0.2, -0.15) is 8.78 Å². The Labute approximate surface area is 127 Å². The third kappa shape index (κ3) is 5.47. The molecule has 4 nitrogen and oxygen atoms in total. The number of hydrogen-bond acceptors (Lipinski definition) is 3. The van der Waals surface area contributed by atoms with Gasteiger partial charge < -0.3 is 15.8 Å². The van der Waals surface area contributed by atoms with Crippen molar-refractivity contribution in [1.82, 2.24) is 5.32 Å². The summed E-state index contributed by atoms with van der Waals surface area (Å²) in [6.07, 6.45) is 0. The molecule has 1 rings (SSSR count). The van der Waals surface area contributed by atoms with Gasteiger partial charge in [-0.1, -0.05) is 32.4 Å². The highest BCUT2D eigenvalue weighted by molar-refractivity contribution is 6.30. The molecular formula is C14H19ClF2N2O2. The highest BCUT2D eigenvalue weighted by Gasteiger charge is 2.27. The zero-order valence-corrected chi connectivity index (χ0v) is 12.9. The Balaban J connectivity index is 2.79. The van der Waals surface area contributed by atoms with Crippen LogP contribution in [0.25, 0.3) is 0 Å². The lowest BCUT2D eigenvalue weighted by molar-refractivity contribution is -0.124. The Bertz CT molecular complexity index is 504. The monoisotopic (exact) mass is 320 g/mol. The van der Waals surface area contributed by atoms with Crippen LogP contribution in [0.4, 0.5) is 8.78 Å². The van der Waals surface area contributed by atoms with Gasteiger partial charge in [-0.15, -0.1) is 0 Å². The third-order valence-corrected chi connectivity index (χ3v) is 3.14. The van der Waals surface area contributed by atoms with E-state index >= 15 is 0 Å². The number of nitrogens with two attached hydrogens (primary N) is 1. The zero-order valence-electron chi connectivity index (χ0n) is 12.1. The van der Waals surface area contributed by atoms with Crippen molar-refractivity contribution < 1.29 is 18.3 Å². The first-order valence-corrected chi connectivity index (χ1v) is 6.75. The van der Waals surface area contributed by atoms with E-state index in [1.54, 1.807) is 0 Å². The van der Waals surface area contributed by atoms with Crippen LogP contribution in [0.3, 0.4) is 0 Å². The van der Waals surface area contributed by atoms with E-state index in [-0.39, 0.29) is 18.2 Å². The minimum Gasteiger partial charge on any atom is -0.434 e. The summed E-state index contributed by atoms with van der Waals surface area (Å²) >= 11 is 5.82. The number of ether oxygens (including phenoxy) is 1. The van der Waals surface area contributed by atoms with Gasteiger partial charge in [-0.05, 0) is 23.6 Å². The Morgan fingerprint density at radius 2 is 2.05 bits per heavy atom. The maximum atomic E-state index is 12.3. The number of rotatable bonds is 5. The molecule has 1 aromatic carbocycles. The van der Waals surface area contributed by atoms with Crippen molar-refractivity contribution in [1.29, 1.82) is 0 Å². The van der Waals surface area contributed by atoms with Gasteiger partial charge in [0.15, 0.2) is 0 Å². The first kappa shape index (κ1) is 17.7. The van der Waals surface area contributed by atoms with Crippen LogP contribution in [0.1, 0.15) is 26.3 Å². The fourth-order valence-corrected chi connectivity index (χ4v) is 1.78. The number of alkyl halides is 2. The quantitative estimate of drug-likeness (QED) is 0.876. The minimum absolute atomic E-state index is 0.00519. The van der Waals surface area contributed by atoms with Gasteiger partial charge in [0.25, 0.3) is 0 Å². The molecule has 1 aromatic rings. The summed E-state index contributed by atoms with van der Waals surface area (Å²) in [5.41, 5.74) is 5.77. The minimum atomic E-state index is -2.95. The standard InChI is InChI=1S/C14H19ClF2N2O2/c1-14(2,3)11(18)12(20)19-7-8-6-9(15)4-5-10(8)21-13(16)17/h4-6,11,13H,7,18H2,1-3H3,(H,19,20)/t11-/m1/s1. The lowest BCUT2D eigenvalue weighted by Gasteiger charge is -2.26. The van der Waals surface area contributed by atoms with Crippen LogP contribution in [0, 0.1) is 5.41 Å². The molecule has 0 aliphatic carbocycles. The second-order valence-corrected chi connectivity index (χ2v) is 6.13. The second kappa shape index (κ2) is 7.04. The van der Waals surface area contributed by atoms with Crippen LogP contribution in [-0.2, 0) is 11.3 Å². The average Bonchev–Trinajstić information content (AvgIpc) is 2.36. The molecule has 0 saturated carbocycles. The highest BCUT2D eigenvalue weighted by Crippen LogP contribution is 2.25. The van der Waals surface area contributed by atoms with Crippen molar-refractivity contribution in [3.63, 3.8) is 0 Å². The number of halogens is 3. The third-order valence-electron chi connectivity index (χ3n) is 2.91. The summed E-state index contributed by atoms with van der Waals surface area (Å²) in [4.78, 5) is 11.9. The normalized spacial score (nSPS) is 13.1. The largest absolute Gasteiger partial charge is 0.434 e. The van der Waals surface area contributed by atoms with E-state index in [4.69, 9.17) is 17.3 Å². The summed E-state index contributed by atoms with van der Waals surface area (Å²) in [7, 11) is 0. The van der Waals surface area contributed by atoms with E-state index in [2.05, 4.69) is 10.1 Å². The first-order valence-electron chi connectivity index (χ1n) is 6.38. The van der Waals surface area contributed by atoms with E-state index in [0.29, 0.717) is 10.6 Å². The number of hydrogen-bond donors (Lipinski definition) is 2. The fraction of sp³-hybridized carbons (Fsp3) is 0.500. The van der Waals surface area contributed by atoms with Crippen LogP contribution in [0.5, 0.6) is 5.75 Å². The molecule has 3 N–H and O–H groups in total. The Kier molecular flexibility index (Phi) is 5.92. The molecular weight excluding hydrogens is 302 g/mol. The smallest absolute Gasteiger partial charge is 0.387 e. The van der Waals surface area contributed by atoms with Crippen molar-refractivity contribution >= 4 is 17.5 Å². The van der Waals surface area contributed by atoms with Crippen molar-refractivity contribution in [2.24, 2.45) is 11.1 Å². The lowest BCUT2D eigenvalue weighted by atomic mass is 9.87. The Morgan fingerprint density at radius 3 is 2.57 bits per heavy atom. The molecule has 0 heterocycles. The first-order chi connectivity index (χ1) is 9.61. The predicted molar refractivity (Wildman–Crippen MR) is 77.4 cm³/mol. The molecule has 0 unspecified atom stereocenters. The molecule has 0 radical (unpaired) electrons. The van der Waals surface area contributed by atoms with Crippen molar-refractivity contribution in [3.05, 3.63) is 28.8 Å². The number of benzene rings is 1. The van der Waals surface area contributed by atoms with Gasteiger partial charge in [0.1, 0.15) is 5.75 Å². The molecule has 0 aliphatic heterocycles. The van der Waals surface area contributed by atoms with Gasteiger partial charge >= 0.3 is 6.61 Å². The van der Waals surface area contributed by atoms with Crippen LogP contribution in [0.2, 0.25) is 5.02 Å². The average molecular weight is 321 g/mol. The molecule has 118 valence electrons. The summed E-state index contributed by atoms with van der Waals surface area (Å²) in [5.74, 6) is -0.399. The predicted octanol–water partition coefficient (Wildman–Crippen LogP) is 2.93. The molecule has 0 aliphatic rings. The van der Waals surface area contributed by atoms with E-state index in [0.717, 1.165) is 0 Å². The summed E-state index contributed by atoms with van der Waals surface area (Å²) in [5, 5.41) is 2.96. The molecule has 0 bridgehead atoms. The summed E-state index contributed by atoms with van der Waals surface area (Å²) in [6.45, 7) is 2.56. The van der Waals surface area contributed by atoms with E-state index in [9.17, 15) is 13.6 Å². The number of nitrogens with one attached hydrogen (secondary N) is 1. The van der Waals surface area contributed by atoms with E-state index in [1.807, 2.05) is 20.8 Å². The molecule has 0 aromatic heterocycles. The van der Waals surface area contributed by atoms with Crippen LogP contribution in [-0.4, -0.2) is 18.6 Å². The second-order valence-electron chi connectivity index (χ2n) is 5.69. The molecule has 0 spiro atoms. The summed E-state index contributed by atoms with van der Waals surface area (Å²) < 4.78 is 29.0. The van der Waals surface area contributed by atoms with Gasteiger partial charge in [0.2, 0.25) is 5.91 Å². The topological polar surface area (TPSA) is 64.4 Å². The summed E-state index contributed by atoms with van der Waals surface area (Å²) in [6, 6.07) is 3.52. The van der Waals surface area contributed by atoms with Gasteiger partial charge in [-0.25, -0.2) is 0 Å². The van der Waals surface area contributed by atoms with Crippen molar-refractivity contribution in [2.45, 2.75) is 40.0 Å².